The summed E-state index contributed by atoms with van der Waals surface area (Å²) in [5.41, 5.74) is 0.703. The Balaban J connectivity index is 1.91. The Labute approximate surface area is 101 Å². The van der Waals surface area contributed by atoms with E-state index in [0.717, 1.165) is 13.1 Å². The Morgan fingerprint density at radius 2 is 2.47 bits per heavy atom. The second-order valence-corrected chi connectivity index (χ2v) is 4.28. The van der Waals surface area contributed by atoms with Gasteiger partial charge >= 0.3 is 0 Å². The zero-order valence-electron chi connectivity index (χ0n) is 10.3. The summed E-state index contributed by atoms with van der Waals surface area (Å²) in [6.07, 6.45) is 1.75. The molecule has 0 aromatic carbocycles. The van der Waals surface area contributed by atoms with Crippen molar-refractivity contribution in [3.63, 3.8) is 0 Å². The van der Waals surface area contributed by atoms with Crippen LogP contribution in [-0.4, -0.2) is 58.0 Å². The van der Waals surface area contributed by atoms with Crippen LogP contribution in [0, 0.1) is 0 Å². The van der Waals surface area contributed by atoms with Gasteiger partial charge in [0.15, 0.2) is 5.78 Å². The lowest BCUT2D eigenvalue weighted by Crippen LogP contribution is -2.46. The molecule has 0 aliphatic carbocycles. The third-order valence-electron chi connectivity index (χ3n) is 2.96. The first-order valence-electron chi connectivity index (χ1n) is 5.91. The first-order chi connectivity index (χ1) is 8.19. The van der Waals surface area contributed by atoms with Gasteiger partial charge in [-0.1, -0.05) is 12.1 Å². The van der Waals surface area contributed by atoms with Gasteiger partial charge in [0.25, 0.3) is 0 Å². The molecule has 0 amide bonds. The first-order valence-corrected chi connectivity index (χ1v) is 5.91. The smallest absolute Gasteiger partial charge is 0.168 e. The molecular weight excluding hydrogens is 220 g/mol. The van der Waals surface area contributed by atoms with Crippen molar-refractivity contribution in [3.8, 4) is 0 Å². The molecule has 0 saturated carbocycles. The highest BCUT2D eigenvalue weighted by Gasteiger charge is 2.26. The maximum Gasteiger partial charge on any atom is 0.168 e. The number of hydrogen-bond donors (Lipinski definition) is 0. The predicted octanol–water partition coefficient (Wildman–Crippen LogP) is -0.353. The SMILES string of the molecule is CCN1CCOC(C(=O)Cc2cn(C)nn2)C1. The Morgan fingerprint density at radius 3 is 3.12 bits per heavy atom. The molecule has 1 aromatic rings. The summed E-state index contributed by atoms with van der Waals surface area (Å²) in [6.45, 7) is 5.28. The summed E-state index contributed by atoms with van der Waals surface area (Å²) in [6, 6.07) is 0. The first kappa shape index (κ1) is 12.2. The van der Waals surface area contributed by atoms with Gasteiger partial charge < -0.3 is 4.74 Å². The molecule has 0 N–H and O–H groups in total. The fraction of sp³-hybridized carbons (Fsp3) is 0.727. The maximum atomic E-state index is 12.0. The van der Waals surface area contributed by atoms with Crippen molar-refractivity contribution in [2.24, 2.45) is 7.05 Å². The van der Waals surface area contributed by atoms with Crippen LogP contribution < -0.4 is 0 Å². The molecule has 1 saturated heterocycles. The molecule has 1 fully saturated rings. The van der Waals surface area contributed by atoms with E-state index >= 15 is 0 Å². The summed E-state index contributed by atoms with van der Waals surface area (Å²) in [7, 11) is 1.79. The van der Waals surface area contributed by atoms with Gasteiger partial charge in [-0.25, -0.2) is 0 Å². The largest absolute Gasteiger partial charge is 0.368 e. The van der Waals surface area contributed by atoms with Gasteiger partial charge in [-0.15, -0.1) is 5.10 Å². The average molecular weight is 238 g/mol. The Bertz CT molecular complexity index is 391. The quantitative estimate of drug-likeness (QED) is 0.717. The van der Waals surface area contributed by atoms with Crippen LogP contribution in [0.1, 0.15) is 12.6 Å². The highest BCUT2D eigenvalue weighted by molar-refractivity contribution is 5.85. The maximum absolute atomic E-state index is 12.0. The molecule has 6 nitrogen and oxygen atoms in total. The Kier molecular flexibility index (Phi) is 3.86. The molecule has 0 radical (unpaired) electrons. The molecule has 94 valence electrons. The summed E-state index contributed by atoms with van der Waals surface area (Å²) in [5, 5.41) is 7.72. The van der Waals surface area contributed by atoms with Crippen molar-refractivity contribution in [3.05, 3.63) is 11.9 Å². The lowest BCUT2D eigenvalue weighted by Gasteiger charge is -2.31. The zero-order valence-corrected chi connectivity index (χ0v) is 10.3. The number of carbonyl (C=O) groups excluding carboxylic acids is 1. The number of hydrogen-bond acceptors (Lipinski definition) is 5. The third kappa shape index (κ3) is 3.10. The lowest BCUT2D eigenvalue weighted by atomic mass is 10.1. The summed E-state index contributed by atoms with van der Waals surface area (Å²) in [4.78, 5) is 14.2. The minimum Gasteiger partial charge on any atom is -0.368 e. The van der Waals surface area contributed by atoms with E-state index in [1.54, 1.807) is 17.9 Å². The number of ketones is 1. The van der Waals surface area contributed by atoms with E-state index in [1.165, 1.54) is 0 Å². The zero-order chi connectivity index (χ0) is 12.3. The highest BCUT2D eigenvalue weighted by atomic mass is 16.5. The van der Waals surface area contributed by atoms with Gasteiger partial charge in [0.2, 0.25) is 0 Å². The van der Waals surface area contributed by atoms with E-state index in [2.05, 4.69) is 22.1 Å². The van der Waals surface area contributed by atoms with Crippen molar-refractivity contribution >= 4 is 5.78 Å². The van der Waals surface area contributed by atoms with E-state index in [1.807, 2.05) is 0 Å². The topological polar surface area (TPSA) is 60.2 Å². The number of aryl methyl sites for hydroxylation is 1. The predicted molar refractivity (Wildman–Crippen MR) is 61.6 cm³/mol. The van der Waals surface area contributed by atoms with Crippen LogP contribution in [-0.2, 0) is 23.0 Å². The van der Waals surface area contributed by atoms with Crippen LogP contribution >= 0.6 is 0 Å². The van der Waals surface area contributed by atoms with Crippen molar-refractivity contribution in [1.29, 1.82) is 0 Å². The second kappa shape index (κ2) is 5.37. The Hall–Kier alpha value is -1.27. The van der Waals surface area contributed by atoms with E-state index in [-0.39, 0.29) is 11.9 Å². The van der Waals surface area contributed by atoms with Crippen LogP contribution in [0.2, 0.25) is 0 Å². The molecule has 1 unspecified atom stereocenters. The van der Waals surface area contributed by atoms with E-state index in [0.29, 0.717) is 25.3 Å². The lowest BCUT2D eigenvalue weighted by molar-refractivity contribution is -0.135. The number of ether oxygens (including phenoxy) is 1. The highest BCUT2D eigenvalue weighted by Crippen LogP contribution is 2.08. The van der Waals surface area contributed by atoms with E-state index < -0.39 is 0 Å². The normalized spacial score (nSPS) is 21.6. The number of aromatic nitrogens is 3. The van der Waals surface area contributed by atoms with Gasteiger partial charge in [0.1, 0.15) is 6.10 Å². The van der Waals surface area contributed by atoms with Crippen LogP contribution in [0.15, 0.2) is 6.20 Å². The molecule has 1 atom stereocenters. The molecule has 6 heteroatoms. The van der Waals surface area contributed by atoms with Crippen molar-refractivity contribution in [2.75, 3.05) is 26.2 Å². The molecule has 2 heterocycles. The summed E-state index contributed by atoms with van der Waals surface area (Å²) >= 11 is 0. The van der Waals surface area contributed by atoms with Crippen LogP contribution in [0.3, 0.4) is 0 Å². The van der Waals surface area contributed by atoms with Crippen molar-refractivity contribution in [2.45, 2.75) is 19.4 Å². The van der Waals surface area contributed by atoms with E-state index in [9.17, 15) is 4.79 Å². The Morgan fingerprint density at radius 1 is 1.65 bits per heavy atom. The van der Waals surface area contributed by atoms with Crippen molar-refractivity contribution < 1.29 is 9.53 Å². The fourth-order valence-corrected chi connectivity index (χ4v) is 1.95. The molecule has 1 aliphatic rings. The third-order valence-corrected chi connectivity index (χ3v) is 2.96. The molecule has 1 aromatic heterocycles. The van der Waals surface area contributed by atoms with Crippen molar-refractivity contribution in [1.82, 2.24) is 19.9 Å². The second-order valence-electron chi connectivity index (χ2n) is 4.28. The molecule has 0 spiro atoms. The summed E-state index contributed by atoms with van der Waals surface area (Å²) in [5.74, 6) is 0.0867. The minimum absolute atomic E-state index is 0.0867. The van der Waals surface area contributed by atoms with Crippen LogP contribution in [0.25, 0.3) is 0 Å². The van der Waals surface area contributed by atoms with Gasteiger partial charge in [-0.3, -0.25) is 14.4 Å². The number of carbonyl (C=O) groups is 1. The number of Topliss-reactive ketones (excluding diaryl/α,β-unsaturated/α-hetero) is 1. The standard InChI is InChI=1S/C11H18N4O2/c1-3-15-4-5-17-11(8-15)10(16)6-9-7-14(2)13-12-9/h7,11H,3-6,8H2,1-2H3. The summed E-state index contributed by atoms with van der Waals surface area (Å²) < 4.78 is 7.10. The molecule has 2 rings (SSSR count). The number of morpholine rings is 1. The number of nitrogens with zero attached hydrogens (tertiary/aromatic N) is 4. The minimum atomic E-state index is -0.314. The van der Waals surface area contributed by atoms with Crippen LogP contribution in [0.5, 0.6) is 0 Å². The van der Waals surface area contributed by atoms with Gasteiger partial charge in [-0.05, 0) is 6.54 Å². The van der Waals surface area contributed by atoms with Gasteiger partial charge in [0, 0.05) is 26.3 Å². The number of likely N-dealkylation sites (N-methyl/N-ethyl adjacent to an activating group) is 1. The van der Waals surface area contributed by atoms with E-state index in [4.69, 9.17) is 4.74 Å². The monoisotopic (exact) mass is 238 g/mol. The average Bonchev–Trinajstić information content (AvgIpc) is 2.75. The fourth-order valence-electron chi connectivity index (χ4n) is 1.95. The van der Waals surface area contributed by atoms with Gasteiger partial charge in [0.05, 0.1) is 18.7 Å². The van der Waals surface area contributed by atoms with Crippen LogP contribution in [0.4, 0.5) is 0 Å². The number of rotatable bonds is 4. The molecule has 17 heavy (non-hydrogen) atoms. The molecule has 0 bridgehead atoms. The molecule has 1 aliphatic heterocycles. The van der Waals surface area contributed by atoms with Gasteiger partial charge in [-0.2, -0.15) is 0 Å². The molecular formula is C11H18N4O2.